The molecule has 11 heteroatoms. The van der Waals surface area contributed by atoms with Gasteiger partial charge in [0.1, 0.15) is 12.4 Å². The number of amides is 1. The van der Waals surface area contributed by atoms with Gasteiger partial charge in [0.2, 0.25) is 11.1 Å². The predicted molar refractivity (Wildman–Crippen MR) is 202 cm³/mol. The number of carbonyl (C=O) groups is 2. The van der Waals surface area contributed by atoms with Crippen molar-refractivity contribution in [1.29, 1.82) is 0 Å². The van der Waals surface area contributed by atoms with Gasteiger partial charge in [0.15, 0.2) is 0 Å². The third-order valence-electron chi connectivity index (χ3n) is 8.30. The van der Waals surface area contributed by atoms with Gasteiger partial charge in [-0.3, -0.25) is 20.4 Å². The van der Waals surface area contributed by atoms with Crippen LogP contribution in [0.5, 0.6) is 5.75 Å². The zero-order valence-corrected chi connectivity index (χ0v) is 29.3. The zero-order valence-electron chi connectivity index (χ0n) is 28.4. The van der Waals surface area contributed by atoms with Crippen molar-refractivity contribution in [2.24, 2.45) is 0 Å². The Balaban J connectivity index is 0.996. The van der Waals surface area contributed by atoms with E-state index in [9.17, 15) is 18.9 Å². The molecule has 1 atom stereocenters. The molecule has 0 saturated heterocycles. The molecule has 0 aliphatic rings. The topological polar surface area (TPSA) is 143 Å². The van der Waals surface area contributed by atoms with Crippen LogP contribution in [0.15, 0.2) is 150 Å². The predicted octanol–water partition coefficient (Wildman–Crippen LogP) is 8.45. The van der Waals surface area contributed by atoms with E-state index in [-0.39, 0.29) is 24.3 Å². The number of carboxylic acids is 1. The lowest BCUT2D eigenvalue weighted by molar-refractivity contribution is -0.253. The van der Waals surface area contributed by atoms with Crippen LogP contribution in [0.2, 0.25) is 0 Å². The average molecular weight is 729 g/mol. The molecule has 1 amide bonds. The summed E-state index contributed by atoms with van der Waals surface area (Å²) >= 11 is -1.85. The van der Waals surface area contributed by atoms with E-state index in [0.717, 1.165) is 34.2 Å². The molecule has 0 fully saturated rings. The van der Waals surface area contributed by atoms with Crippen molar-refractivity contribution in [1.82, 2.24) is 0 Å². The Labute approximate surface area is 309 Å². The van der Waals surface area contributed by atoms with Crippen molar-refractivity contribution in [3.05, 3.63) is 190 Å². The van der Waals surface area contributed by atoms with E-state index in [2.05, 4.69) is 27.8 Å². The number of hydrogen-bond acceptors (Lipinski definition) is 8. The number of benzene rings is 6. The highest BCUT2D eigenvalue weighted by Gasteiger charge is 2.18. The maximum Gasteiger partial charge on any atom is 0.336 e. The Hall–Kier alpha value is -6.11. The number of hydrogen-bond donors (Lipinski definition) is 4. The summed E-state index contributed by atoms with van der Waals surface area (Å²) in [5, 5.41) is 21.6. The highest BCUT2D eigenvalue weighted by Crippen LogP contribution is 2.23. The third kappa shape index (κ3) is 10.2. The molecule has 0 aromatic heterocycles. The van der Waals surface area contributed by atoms with Gasteiger partial charge in [-0.15, -0.1) is 0 Å². The van der Waals surface area contributed by atoms with Gasteiger partial charge < -0.3 is 14.6 Å². The van der Waals surface area contributed by atoms with Crippen molar-refractivity contribution in [2.45, 2.75) is 31.0 Å². The lowest BCUT2D eigenvalue weighted by Gasteiger charge is -2.13. The maximum atomic E-state index is 13.1. The van der Waals surface area contributed by atoms with Crippen LogP contribution in [0.4, 0.5) is 11.4 Å². The Morgan fingerprint density at radius 3 is 1.83 bits per heavy atom. The lowest BCUT2D eigenvalue weighted by atomic mass is 9.98. The van der Waals surface area contributed by atoms with Gasteiger partial charge >= 0.3 is 5.97 Å². The zero-order chi connectivity index (χ0) is 37.0. The molecule has 0 aliphatic carbocycles. The van der Waals surface area contributed by atoms with Crippen molar-refractivity contribution in [3.63, 3.8) is 0 Å². The fourth-order valence-electron chi connectivity index (χ4n) is 5.63. The van der Waals surface area contributed by atoms with Crippen molar-refractivity contribution >= 4 is 34.3 Å². The molecule has 0 aliphatic heterocycles. The molecular formula is C42H36N2O8S. The van der Waals surface area contributed by atoms with E-state index in [0.29, 0.717) is 28.4 Å². The molecule has 1 unspecified atom stereocenters. The highest BCUT2D eigenvalue weighted by atomic mass is 32.2. The van der Waals surface area contributed by atoms with Crippen LogP contribution in [-0.4, -0.2) is 26.4 Å². The van der Waals surface area contributed by atoms with Gasteiger partial charge in [-0.1, -0.05) is 84.9 Å². The first-order valence-electron chi connectivity index (χ1n) is 16.6. The second-order valence-corrected chi connectivity index (χ2v) is 13.2. The van der Waals surface area contributed by atoms with Crippen LogP contribution in [0.3, 0.4) is 0 Å². The van der Waals surface area contributed by atoms with E-state index < -0.39 is 23.0 Å². The summed E-state index contributed by atoms with van der Waals surface area (Å²) in [6.45, 7) is 0.241. The Kier molecular flexibility index (Phi) is 12.4. The van der Waals surface area contributed by atoms with Gasteiger partial charge in [-0.05, 0) is 107 Å². The summed E-state index contributed by atoms with van der Waals surface area (Å²) in [6, 6.07) is 43.4. The summed E-state index contributed by atoms with van der Waals surface area (Å²) in [4.78, 5) is 35.6. The summed E-state index contributed by atoms with van der Waals surface area (Å²) in [6.07, 6.45) is 1.29. The van der Waals surface area contributed by atoms with Crippen LogP contribution < -0.4 is 15.0 Å². The highest BCUT2D eigenvalue weighted by molar-refractivity contribution is 7.80. The fraction of sp³-hybridized carbons (Fsp3) is 0.0952. The van der Waals surface area contributed by atoms with E-state index in [1.165, 1.54) is 17.7 Å². The van der Waals surface area contributed by atoms with Gasteiger partial charge in [0.05, 0.1) is 28.3 Å². The summed E-state index contributed by atoms with van der Waals surface area (Å²) in [5.74, 6) is -1.42. The molecule has 6 rings (SSSR count). The van der Waals surface area contributed by atoms with E-state index >= 15 is 0 Å². The molecule has 4 N–H and O–H groups in total. The minimum Gasteiger partial charge on any atom is -0.478 e. The minimum absolute atomic E-state index is 0.0276. The molecule has 6 aromatic carbocycles. The molecule has 0 heterocycles. The maximum absolute atomic E-state index is 13.1. The second-order valence-electron chi connectivity index (χ2n) is 12.1. The number of aromatic carboxylic acids is 1. The van der Waals surface area contributed by atoms with Gasteiger partial charge in [-0.25, -0.2) is 13.9 Å². The minimum atomic E-state index is -1.85. The molecule has 0 spiro atoms. The molecule has 0 bridgehead atoms. The first kappa shape index (κ1) is 36.7. The standard InChI is InChI=1S/C42H36N2O8S/c45-41(39-22-12-32(26-40(39)42(46)47)24-30-9-5-2-6-10-30)43-35-16-20-38(21-17-35)53(49)52-37-18-14-36(15-19-37)44-50-27-33-13-11-31(25-34(33)28-51-48)23-29-7-3-1-4-8-29/h1-22,25-26,44,48H,23-24,27-28H2,(H,43,45)(H,46,47). The SMILES string of the molecule is O=C(O)c1cc(Cc2ccccc2)ccc1C(=O)Nc1ccc(S(=O)Oc2ccc(NOCc3ccc(Cc4ccccc4)cc3COO)cc2)cc1. The van der Waals surface area contributed by atoms with Gasteiger partial charge in [-0.2, -0.15) is 0 Å². The van der Waals surface area contributed by atoms with Gasteiger partial charge in [0, 0.05) is 5.69 Å². The van der Waals surface area contributed by atoms with Gasteiger partial charge in [0.25, 0.3) is 5.91 Å². The monoisotopic (exact) mass is 728 g/mol. The normalized spacial score (nSPS) is 11.4. The number of nitrogens with one attached hydrogen (secondary N) is 2. The quantitative estimate of drug-likeness (QED) is 0.0570. The largest absolute Gasteiger partial charge is 0.478 e. The number of anilines is 2. The molecule has 0 radical (unpaired) electrons. The van der Waals surface area contributed by atoms with Crippen molar-refractivity contribution in [2.75, 3.05) is 10.8 Å². The average Bonchev–Trinajstić information content (AvgIpc) is 3.17. The summed E-state index contributed by atoms with van der Waals surface area (Å²) < 4.78 is 18.6. The van der Waals surface area contributed by atoms with Crippen LogP contribution in [0.25, 0.3) is 0 Å². The van der Waals surface area contributed by atoms with E-state index in [1.807, 2.05) is 66.7 Å². The van der Waals surface area contributed by atoms with Crippen molar-refractivity contribution in [3.8, 4) is 5.75 Å². The van der Waals surface area contributed by atoms with E-state index in [1.54, 1.807) is 54.6 Å². The fourth-order valence-corrected chi connectivity index (χ4v) is 6.37. The number of carbonyl (C=O) groups excluding carboxylic acids is 1. The molecule has 53 heavy (non-hydrogen) atoms. The Bertz CT molecular complexity index is 2180. The molecular weight excluding hydrogens is 693 g/mol. The Morgan fingerprint density at radius 2 is 1.21 bits per heavy atom. The second kappa shape index (κ2) is 17.9. The van der Waals surface area contributed by atoms with Crippen LogP contribution >= 0.6 is 0 Å². The number of rotatable bonds is 16. The van der Waals surface area contributed by atoms with Crippen LogP contribution in [0.1, 0.15) is 54.1 Å². The van der Waals surface area contributed by atoms with Crippen molar-refractivity contribution < 1.29 is 38.1 Å². The Morgan fingerprint density at radius 1 is 0.604 bits per heavy atom. The molecule has 10 nitrogen and oxygen atoms in total. The summed E-state index contributed by atoms with van der Waals surface area (Å²) in [5.41, 5.74) is 9.58. The van der Waals surface area contributed by atoms with Crippen LogP contribution in [-0.2, 0) is 46.9 Å². The van der Waals surface area contributed by atoms with E-state index in [4.69, 9.17) is 14.3 Å². The molecule has 268 valence electrons. The summed E-state index contributed by atoms with van der Waals surface area (Å²) in [7, 11) is 0. The smallest absolute Gasteiger partial charge is 0.336 e. The first-order valence-corrected chi connectivity index (χ1v) is 17.7. The van der Waals surface area contributed by atoms with Crippen LogP contribution in [0, 0.1) is 0 Å². The lowest BCUT2D eigenvalue weighted by Crippen LogP contribution is -2.17. The first-order chi connectivity index (χ1) is 25.8. The molecule has 0 saturated carbocycles. The third-order valence-corrected chi connectivity index (χ3v) is 9.30. The number of carboxylic acid groups (broad SMARTS) is 1. The molecule has 6 aromatic rings.